The molecule has 0 fully saturated rings. The zero-order valence-electron chi connectivity index (χ0n) is 10.3. The lowest BCUT2D eigenvalue weighted by Crippen LogP contribution is -1.95. The summed E-state index contributed by atoms with van der Waals surface area (Å²) in [7, 11) is 0. The maximum absolute atomic E-state index is 13.7. The van der Waals surface area contributed by atoms with Crippen LogP contribution in [-0.4, -0.2) is 4.92 Å². The van der Waals surface area contributed by atoms with E-state index in [0.717, 1.165) is 0 Å². The number of rotatable bonds is 4. The molecule has 2 aromatic carbocycles. The minimum atomic E-state index is -0.509. The molecule has 8 heteroatoms. The van der Waals surface area contributed by atoms with Gasteiger partial charge in [0.1, 0.15) is 11.6 Å². The van der Waals surface area contributed by atoms with Crippen molar-refractivity contribution in [2.75, 3.05) is 0 Å². The largest absolute Gasteiger partial charge is 0.455 e. The summed E-state index contributed by atoms with van der Waals surface area (Å²) in [6.07, 6.45) is 0. The van der Waals surface area contributed by atoms with Gasteiger partial charge in [0.15, 0.2) is 5.75 Å². The molecule has 0 aromatic heterocycles. The van der Waals surface area contributed by atoms with Crippen LogP contribution in [0, 0.1) is 15.9 Å². The normalized spacial score (nSPS) is 10.5. The van der Waals surface area contributed by atoms with Gasteiger partial charge in [-0.3, -0.25) is 10.1 Å². The molecule has 110 valence electrons. The fourth-order valence-corrected chi connectivity index (χ4v) is 3.49. The summed E-state index contributed by atoms with van der Waals surface area (Å²) in [6.45, 7) is 0. The van der Waals surface area contributed by atoms with Gasteiger partial charge in [0, 0.05) is 23.0 Å². The molecule has 0 radical (unpaired) electrons. The summed E-state index contributed by atoms with van der Waals surface area (Å²) < 4.78 is 20.2. The number of benzene rings is 2. The summed E-state index contributed by atoms with van der Waals surface area (Å²) in [5, 5.41) is 11.1. The zero-order valence-corrected chi connectivity index (χ0v) is 15.0. The Morgan fingerprint density at radius 2 is 1.86 bits per heavy atom. The molecule has 0 atom stereocenters. The predicted octanol–water partition coefficient (Wildman–Crippen LogP) is 5.95. The van der Waals surface area contributed by atoms with Crippen molar-refractivity contribution in [2.24, 2.45) is 0 Å². The standard InChI is InChI=1S/C13H7Br3FNO3/c14-6-8-11(17)2-1-3-12(8)21-13-9(15)4-7(18(19)20)5-10(13)16/h1-5H,6H2. The van der Waals surface area contributed by atoms with Crippen LogP contribution in [0.4, 0.5) is 10.1 Å². The number of nitrogens with zero attached hydrogens (tertiary/aromatic N) is 1. The Morgan fingerprint density at radius 3 is 2.38 bits per heavy atom. The van der Waals surface area contributed by atoms with Gasteiger partial charge in [0.25, 0.3) is 5.69 Å². The molecule has 0 spiro atoms. The van der Waals surface area contributed by atoms with Crippen LogP contribution in [0.25, 0.3) is 0 Å². The van der Waals surface area contributed by atoms with Crippen molar-refractivity contribution in [1.82, 2.24) is 0 Å². The summed E-state index contributed by atoms with van der Waals surface area (Å²) in [5.41, 5.74) is 0.288. The average molecular weight is 484 g/mol. The number of ether oxygens (including phenoxy) is 1. The molecule has 0 N–H and O–H groups in total. The summed E-state index contributed by atoms with van der Waals surface area (Å²) in [6, 6.07) is 7.15. The monoisotopic (exact) mass is 481 g/mol. The molecule has 0 aliphatic rings. The van der Waals surface area contributed by atoms with Crippen LogP contribution in [0.3, 0.4) is 0 Å². The van der Waals surface area contributed by atoms with Gasteiger partial charge in [-0.05, 0) is 44.0 Å². The fourth-order valence-electron chi connectivity index (χ4n) is 1.62. The first kappa shape index (κ1) is 16.4. The smallest absolute Gasteiger partial charge is 0.271 e. The van der Waals surface area contributed by atoms with E-state index in [0.29, 0.717) is 26.0 Å². The van der Waals surface area contributed by atoms with Crippen LogP contribution in [0.1, 0.15) is 5.56 Å². The summed E-state index contributed by atoms with van der Waals surface area (Å²) in [4.78, 5) is 10.3. The SMILES string of the molecule is O=[N+]([O-])c1cc(Br)c(Oc2cccc(F)c2CBr)c(Br)c1. The first-order chi connectivity index (χ1) is 9.93. The Morgan fingerprint density at radius 1 is 1.24 bits per heavy atom. The van der Waals surface area contributed by atoms with E-state index in [1.54, 1.807) is 6.07 Å². The second-order valence-corrected chi connectivity index (χ2v) is 6.22. The molecule has 0 saturated carbocycles. The number of nitro benzene ring substituents is 1. The van der Waals surface area contributed by atoms with Gasteiger partial charge in [-0.1, -0.05) is 22.0 Å². The Hall–Kier alpha value is -0.990. The van der Waals surface area contributed by atoms with Crippen LogP contribution in [0.15, 0.2) is 39.3 Å². The molecule has 2 rings (SSSR count). The quantitative estimate of drug-likeness (QED) is 0.307. The van der Waals surface area contributed by atoms with E-state index in [-0.39, 0.29) is 11.0 Å². The average Bonchev–Trinajstić information content (AvgIpc) is 2.42. The lowest BCUT2D eigenvalue weighted by molar-refractivity contribution is -0.385. The lowest BCUT2D eigenvalue weighted by atomic mass is 10.2. The van der Waals surface area contributed by atoms with Gasteiger partial charge in [0.2, 0.25) is 0 Å². The first-order valence-corrected chi connectivity index (χ1v) is 8.29. The molecule has 0 amide bonds. The van der Waals surface area contributed by atoms with Gasteiger partial charge in [-0.15, -0.1) is 0 Å². The first-order valence-electron chi connectivity index (χ1n) is 5.58. The Bertz CT molecular complexity index is 686. The van der Waals surface area contributed by atoms with Gasteiger partial charge >= 0.3 is 0 Å². The van der Waals surface area contributed by atoms with Crippen molar-refractivity contribution in [1.29, 1.82) is 0 Å². The van der Waals surface area contributed by atoms with E-state index in [4.69, 9.17) is 4.74 Å². The second-order valence-electron chi connectivity index (χ2n) is 3.95. The zero-order chi connectivity index (χ0) is 15.6. The summed E-state index contributed by atoms with van der Waals surface area (Å²) >= 11 is 9.66. The molecule has 0 bridgehead atoms. The van der Waals surface area contributed by atoms with Crippen molar-refractivity contribution in [3.05, 3.63) is 60.8 Å². The molecule has 0 saturated heterocycles. The third-order valence-electron chi connectivity index (χ3n) is 2.62. The van der Waals surface area contributed by atoms with E-state index in [1.165, 1.54) is 24.3 Å². The molecule has 4 nitrogen and oxygen atoms in total. The molecule has 2 aromatic rings. The lowest BCUT2D eigenvalue weighted by Gasteiger charge is -2.13. The molecule has 0 unspecified atom stereocenters. The molecule has 21 heavy (non-hydrogen) atoms. The number of halogens is 4. The van der Waals surface area contributed by atoms with Gasteiger partial charge in [-0.25, -0.2) is 4.39 Å². The maximum Gasteiger partial charge on any atom is 0.271 e. The summed E-state index contributed by atoms with van der Waals surface area (Å²) in [5.74, 6) is 0.286. The van der Waals surface area contributed by atoms with Crippen molar-refractivity contribution in [3.8, 4) is 11.5 Å². The van der Waals surface area contributed by atoms with Crippen LogP contribution in [0.5, 0.6) is 11.5 Å². The van der Waals surface area contributed by atoms with Crippen LogP contribution in [-0.2, 0) is 5.33 Å². The topological polar surface area (TPSA) is 52.4 Å². The Kier molecular flexibility index (Phi) is 5.34. The minimum absolute atomic E-state index is 0.0824. The predicted molar refractivity (Wildman–Crippen MR) is 87.6 cm³/mol. The number of hydrogen-bond acceptors (Lipinski definition) is 3. The number of non-ortho nitro benzene ring substituents is 1. The Labute approximate surface area is 144 Å². The number of hydrogen-bond donors (Lipinski definition) is 0. The Balaban J connectivity index is 2.45. The van der Waals surface area contributed by atoms with E-state index in [2.05, 4.69) is 47.8 Å². The van der Waals surface area contributed by atoms with Gasteiger partial charge < -0.3 is 4.74 Å². The van der Waals surface area contributed by atoms with E-state index < -0.39 is 10.7 Å². The number of nitro groups is 1. The minimum Gasteiger partial charge on any atom is -0.455 e. The van der Waals surface area contributed by atoms with Crippen LogP contribution >= 0.6 is 47.8 Å². The molecule has 0 aliphatic carbocycles. The van der Waals surface area contributed by atoms with Crippen molar-refractivity contribution in [3.63, 3.8) is 0 Å². The highest BCUT2D eigenvalue weighted by atomic mass is 79.9. The molecule has 0 heterocycles. The molecular formula is C13H7Br3FNO3. The van der Waals surface area contributed by atoms with Crippen molar-refractivity contribution < 1.29 is 14.1 Å². The van der Waals surface area contributed by atoms with Crippen molar-refractivity contribution >= 4 is 53.5 Å². The van der Waals surface area contributed by atoms with Gasteiger partial charge in [-0.2, -0.15) is 0 Å². The number of alkyl halides is 1. The third-order valence-corrected chi connectivity index (χ3v) is 4.35. The molecule has 0 aliphatic heterocycles. The van der Waals surface area contributed by atoms with Crippen LogP contribution in [0.2, 0.25) is 0 Å². The highest BCUT2D eigenvalue weighted by molar-refractivity contribution is 9.11. The van der Waals surface area contributed by atoms with Crippen LogP contribution < -0.4 is 4.74 Å². The van der Waals surface area contributed by atoms with Crippen molar-refractivity contribution in [2.45, 2.75) is 5.33 Å². The van der Waals surface area contributed by atoms with E-state index in [1.807, 2.05) is 0 Å². The fraction of sp³-hybridized carbons (Fsp3) is 0.0769. The molecular weight excluding hydrogens is 477 g/mol. The second kappa shape index (κ2) is 6.85. The third kappa shape index (κ3) is 3.61. The van der Waals surface area contributed by atoms with Gasteiger partial charge in [0.05, 0.1) is 13.9 Å². The highest BCUT2D eigenvalue weighted by Gasteiger charge is 2.17. The maximum atomic E-state index is 13.7. The highest BCUT2D eigenvalue weighted by Crippen LogP contribution is 2.41. The van der Waals surface area contributed by atoms with E-state index >= 15 is 0 Å². The van der Waals surface area contributed by atoms with E-state index in [9.17, 15) is 14.5 Å².